The number of hydrogen-bond donors (Lipinski definition) is 0. The predicted molar refractivity (Wildman–Crippen MR) is 245 cm³/mol. The van der Waals surface area contributed by atoms with Crippen LogP contribution in [0.2, 0.25) is 0 Å². The van der Waals surface area contributed by atoms with Crippen molar-refractivity contribution in [3.05, 3.63) is 230 Å². The fourth-order valence-corrected chi connectivity index (χ4v) is 8.74. The van der Waals surface area contributed by atoms with Gasteiger partial charge in [0, 0.05) is 52.4 Å². The molecule has 8 aromatic carbocycles. The van der Waals surface area contributed by atoms with E-state index in [1.165, 1.54) is 33.4 Å². The highest BCUT2D eigenvalue weighted by Crippen LogP contribution is 2.46. The van der Waals surface area contributed by atoms with Gasteiger partial charge in [0.05, 0.1) is 27.2 Å². The zero-order chi connectivity index (χ0) is 39.4. The molecule has 0 aromatic heterocycles. The Labute approximate surface area is 344 Å². The first-order chi connectivity index (χ1) is 28.5. The fourth-order valence-electron chi connectivity index (χ4n) is 8.74. The van der Waals surface area contributed by atoms with Crippen LogP contribution >= 0.6 is 0 Å². The molecule has 0 bridgehead atoms. The molecule has 3 nitrogen and oxygen atoms in total. The third-order valence-corrected chi connectivity index (χ3v) is 12.1. The lowest BCUT2D eigenvalue weighted by Gasteiger charge is -2.45. The van der Waals surface area contributed by atoms with E-state index in [1.54, 1.807) is 0 Å². The first-order valence-electron chi connectivity index (χ1n) is 20.5. The average Bonchev–Trinajstić information content (AvgIpc) is 3.29. The van der Waals surface area contributed by atoms with Crippen molar-refractivity contribution in [3.63, 3.8) is 0 Å². The van der Waals surface area contributed by atoms with Crippen molar-refractivity contribution < 1.29 is 4.48 Å². The van der Waals surface area contributed by atoms with Crippen LogP contribution in [-0.4, -0.2) is 31.7 Å². The number of quaternary nitrogens is 1. The molecule has 58 heavy (non-hydrogen) atoms. The van der Waals surface area contributed by atoms with Gasteiger partial charge >= 0.3 is 0 Å². The zero-order valence-electron chi connectivity index (χ0n) is 33.5. The molecule has 8 aromatic rings. The summed E-state index contributed by atoms with van der Waals surface area (Å²) in [5.41, 5.74) is 14.4. The first kappa shape index (κ1) is 36.9. The topological polar surface area (TPSA) is 6.48 Å². The summed E-state index contributed by atoms with van der Waals surface area (Å²) in [6.45, 7) is 2.24. The molecule has 1 saturated heterocycles. The summed E-state index contributed by atoms with van der Waals surface area (Å²) in [4.78, 5) is 4.73. The van der Waals surface area contributed by atoms with Crippen molar-refractivity contribution in [3.8, 4) is 22.3 Å². The lowest BCUT2D eigenvalue weighted by atomic mass is 9.67. The molecule has 0 aliphatic carbocycles. The Balaban J connectivity index is 1.06. The van der Waals surface area contributed by atoms with Crippen LogP contribution in [0.25, 0.3) is 22.3 Å². The summed E-state index contributed by atoms with van der Waals surface area (Å²) in [6.07, 6.45) is 2.18. The maximum atomic E-state index is 2.40. The smallest absolute Gasteiger partial charge is 0.0794 e. The van der Waals surface area contributed by atoms with Gasteiger partial charge in [0.1, 0.15) is 0 Å². The molecular formula is C55H50N3+. The summed E-state index contributed by atoms with van der Waals surface area (Å²) < 4.78 is 1.04. The minimum Gasteiger partial charge on any atom is -0.328 e. The van der Waals surface area contributed by atoms with E-state index in [-0.39, 0.29) is 5.41 Å². The Kier molecular flexibility index (Phi) is 10.2. The number of piperidine rings is 1. The summed E-state index contributed by atoms with van der Waals surface area (Å²) in [7, 11) is 4.75. The second-order valence-electron chi connectivity index (χ2n) is 16.2. The maximum Gasteiger partial charge on any atom is 0.0794 e. The number of hydrogen-bond acceptors (Lipinski definition) is 2. The highest BCUT2D eigenvalue weighted by molar-refractivity contribution is 5.80. The number of anilines is 6. The molecule has 0 saturated carbocycles. The van der Waals surface area contributed by atoms with Crippen molar-refractivity contribution in [2.45, 2.75) is 18.3 Å². The molecular weight excluding hydrogens is 703 g/mol. The average molecular weight is 753 g/mol. The Bertz CT molecular complexity index is 2350. The van der Waals surface area contributed by atoms with Crippen molar-refractivity contribution in [2.75, 3.05) is 37.0 Å². The van der Waals surface area contributed by atoms with Gasteiger partial charge in [0.2, 0.25) is 0 Å². The number of nitrogens with zero attached hydrogens (tertiary/aromatic N) is 3. The monoisotopic (exact) mass is 752 g/mol. The van der Waals surface area contributed by atoms with E-state index in [1.807, 2.05) is 0 Å². The van der Waals surface area contributed by atoms with Crippen LogP contribution in [0.3, 0.4) is 0 Å². The normalized spacial score (nSPS) is 14.4. The van der Waals surface area contributed by atoms with Gasteiger partial charge < -0.3 is 14.3 Å². The molecule has 0 radical (unpaired) electrons. The van der Waals surface area contributed by atoms with Crippen LogP contribution in [0.1, 0.15) is 24.0 Å². The quantitative estimate of drug-likeness (QED) is 0.128. The van der Waals surface area contributed by atoms with E-state index in [0.717, 1.165) is 64.5 Å². The molecule has 284 valence electrons. The lowest BCUT2D eigenvalue weighted by molar-refractivity contribution is -0.896. The molecule has 1 fully saturated rings. The second-order valence-corrected chi connectivity index (χ2v) is 16.2. The SMILES string of the molecule is C[N+]1(C)CCC(c2ccc(N(c3ccccc3)c3ccc(-c4ccccc4)cc3)cc2)(c2ccc(N(c3ccccc3)c3ccc(-c4ccccc4)cc3)cc2)CC1. The molecule has 1 aliphatic rings. The Morgan fingerprint density at radius 2 is 0.569 bits per heavy atom. The summed E-state index contributed by atoms with van der Waals surface area (Å²) >= 11 is 0. The Morgan fingerprint density at radius 3 is 0.897 bits per heavy atom. The third-order valence-electron chi connectivity index (χ3n) is 12.1. The molecule has 0 N–H and O–H groups in total. The zero-order valence-corrected chi connectivity index (χ0v) is 33.5. The highest BCUT2D eigenvalue weighted by Gasteiger charge is 2.42. The number of para-hydroxylation sites is 2. The number of rotatable bonds is 10. The van der Waals surface area contributed by atoms with Gasteiger partial charge in [-0.2, -0.15) is 0 Å². The van der Waals surface area contributed by atoms with Crippen LogP contribution in [0.15, 0.2) is 218 Å². The van der Waals surface area contributed by atoms with Gasteiger partial charge in [-0.05, 0) is 106 Å². The molecule has 0 amide bonds. The third kappa shape index (κ3) is 7.57. The maximum absolute atomic E-state index is 2.40. The standard InChI is InChI=1S/C55H50N3/c1-58(2)41-39-55(40-42-58,47-27-35-53(36-28-47)56(49-19-11-5-12-20-49)51-31-23-45(24-32-51)43-15-7-3-8-16-43)48-29-37-54(38-30-48)57(50-21-13-6-14-22-50)52-33-25-46(26-34-52)44-17-9-4-10-18-44/h3-38H,39-42H2,1-2H3/q+1. The number of likely N-dealkylation sites (tertiary alicyclic amines) is 1. The van der Waals surface area contributed by atoms with Gasteiger partial charge in [-0.15, -0.1) is 0 Å². The summed E-state index contributed by atoms with van der Waals surface area (Å²) in [6, 6.07) is 79.4. The Hall–Kier alpha value is -6.68. The molecule has 9 rings (SSSR count). The minimum absolute atomic E-state index is 0.0886. The first-order valence-corrected chi connectivity index (χ1v) is 20.5. The Morgan fingerprint density at radius 1 is 0.310 bits per heavy atom. The van der Waals surface area contributed by atoms with E-state index in [9.17, 15) is 0 Å². The fraction of sp³-hybridized carbons (Fsp3) is 0.127. The molecule has 0 atom stereocenters. The number of benzene rings is 8. The van der Waals surface area contributed by atoms with Gasteiger partial charge in [-0.3, -0.25) is 0 Å². The molecule has 1 aliphatic heterocycles. The van der Waals surface area contributed by atoms with Crippen LogP contribution < -0.4 is 9.80 Å². The molecule has 1 heterocycles. The van der Waals surface area contributed by atoms with Gasteiger partial charge in [0.15, 0.2) is 0 Å². The lowest BCUT2D eigenvalue weighted by Crippen LogP contribution is -2.51. The molecule has 0 spiro atoms. The van der Waals surface area contributed by atoms with Gasteiger partial charge in [-0.1, -0.05) is 146 Å². The largest absolute Gasteiger partial charge is 0.328 e. The predicted octanol–water partition coefficient (Wildman–Crippen LogP) is 14.1. The van der Waals surface area contributed by atoms with E-state index in [4.69, 9.17) is 0 Å². The van der Waals surface area contributed by atoms with E-state index >= 15 is 0 Å². The van der Waals surface area contributed by atoms with E-state index < -0.39 is 0 Å². The summed E-state index contributed by atoms with van der Waals surface area (Å²) in [5.74, 6) is 0. The van der Waals surface area contributed by atoms with Gasteiger partial charge in [0.25, 0.3) is 0 Å². The summed E-state index contributed by atoms with van der Waals surface area (Å²) in [5, 5.41) is 0. The van der Waals surface area contributed by atoms with Crippen LogP contribution in [0, 0.1) is 0 Å². The van der Waals surface area contributed by atoms with Crippen LogP contribution in [-0.2, 0) is 5.41 Å². The van der Waals surface area contributed by atoms with Crippen LogP contribution in [0.5, 0.6) is 0 Å². The van der Waals surface area contributed by atoms with Gasteiger partial charge in [-0.25, -0.2) is 0 Å². The van der Waals surface area contributed by atoms with Crippen molar-refractivity contribution in [2.24, 2.45) is 0 Å². The van der Waals surface area contributed by atoms with E-state index in [2.05, 4.69) is 242 Å². The molecule has 3 heteroatoms. The molecule has 0 unspecified atom stereocenters. The van der Waals surface area contributed by atoms with Crippen molar-refractivity contribution >= 4 is 34.1 Å². The minimum atomic E-state index is -0.0886. The highest BCUT2D eigenvalue weighted by atomic mass is 15.3. The second kappa shape index (κ2) is 16.1. The van der Waals surface area contributed by atoms with Crippen molar-refractivity contribution in [1.29, 1.82) is 0 Å². The van der Waals surface area contributed by atoms with Crippen molar-refractivity contribution in [1.82, 2.24) is 0 Å². The van der Waals surface area contributed by atoms with E-state index in [0.29, 0.717) is 0 Å². The van der Waals surface area contributed by atoms with Crippen LogP contribution in [0.4, 0.5) is 34.1 Å².